The van der Waals surface area contributed by atoms with E-state index in [-0.39, 0.29) is 0 Å². The molecule has 0 amide bonds. The van der Waals surface area contributed by atoms with Crippen molar-refractivity contribution in [1.29, 1.82) is 0 Å². The third-order valence-electron chi connectivity index (χ3n) is 4.74. The second-order valence-electron chi connectivity index (χ2n) is 5.18. The van der Waals surface area contributed by atoms with Crippen molar-refractivity contribution < 1.29 is 0 Å². The first-order valence-electron chi connectivity index (χ1n) is 5.62. The standard InChI is InChI=1S/C11H19N/c12-11-9-5-4-8(6-9)10(11)7-2-1-3-7/h7-11H,1-6,12H2/t8-,9+,10+,11+/m1/s1. The second-order valence-corrected chi connectivity index (χ2v) is 5.18. The molecule has 1 nitrogen and oxygen atoms in total. The van der Waals surface area contributed by atoms with E-state index in [1.807, 2.05) is 0 Å². The van der Waals surface area contributed by atoms with Crippen LogP contribution in [-0.2, 0) is 0 Å². The Morgan fingerprint density at radius 2 is 1.58 bits per heavy atom. The minimum atomic E-state index is 0.592. The molecule has 12 heavy (non-hydrogen) atoms. The maximum atomic E-state index is 6.27. The largest absolute Gasteiger partial charge is 0.327 e. The van der Waals surface area contributed by atoms with Crippen molar-refractivity contribution >= 4 is 0 Å². The van der Waals surface area contributed by atoms with Gasteiger partial charge in [-0.25, -0.2) is 0 Å². The van der Waals surface area contributed by atoms with E-state index in [9.17, 15) is 0 Å². The Balaban J connectivity index is 1.77. The summed E-state index contributed by atoms with van der Waals surface area (Å²) < 4.78 is 0. The van der Waals surface area contributed by atoms with Gasteiger partial charge in [-0.15, -0.1) is 0 Å². The third-order valence-corrected chi connectivity index (χ3v) is 4.74. The zero-order valence-corrected chi connectivity index (χ0v) is 7.71. The Kier molecular flexibility index (Phi) is 1.52. The van der Waals surface area contributed by atoms with Gasteiger partial charge in [-0.3, -0.25) is 0 Å². The smallest absolute Gasteiger partial charge is 0.0101 e. The first-order valence-corrected chi connectivity index (χ1v) is 5.62. The summed E-state index contributed by atoms with van der Waals surface area (Å²) in [5.74, 6) is 3.93. The quantitative estimate of drug-likeness (QED) is 0.633. The van der Waals surface area contributed by atoms with Crippen molar-refractivity contribution in [3.63, 3.8) is 0 Å². The van der Waals surface area contributed by atoms with Crippen LogP contribution in [0.5, 0.6) is 0 Å². The van der Waals surface area contributed by atoms with E-state index in [1.165, 1.54) is 38.5 Å². The Bertz CT molecular complexity index is 183. The molecule has 0 aliphatic heterocycles. The predicted octanol–water partition coefficient (Wildman–Crippen LogP) is 2.16. The van der Waals surface area contributed by atoms with Crippen LogP contribution >= 0.6 is 0 Å². The summed E-state index contributed by atoms with van der Waals surface area (Å²) in [7, 11) is 0. The van der Waals surface area contributed by atoms with Gasteiger partial charge in [0.15, 0.2) is 0 Å². The van der Waals surface area contributed by atoms with E-state index in [4.69, 9.17) is 5.73 Å². The van der Waals surface area contributed by atoms with Crippen molar-refractivity contribution in [3.05, 3.63) is 0 Å². The molecule has 0 aromatic rings. The Hall–Kier alpha value is -0.0400. The molecule has 2 N–H and O–H groups in total. The number of hydrogen-bond acceptors (Lipinski definition) is 1. The molecule has 0 spiro atoms. The number of nitrogens with two attached hydrogens (primary N) is 1. The highest BCUT2D eigenvalue weighted by Crippen LogP contribution is 2.54. The van der Waals surface area contributed by atoms with Gasteiger partial charge in [-0.2, -0.15) is 0 Å². The highest BCUT2D eigenvalue weighted by Gasteiger charge is 2.49. The van der Waals surface area contributed by atoms with Crippen molar-refractivity contribution in [3.8, 4) is 0 Å². The van der Waals surface area contributed by atoms with Crippen LogP contribution in [0.4, 0.5) is 0 Å². The molecule has 0 unspecified atom stereocenters. The van der Waals surface area contributed by atoms with E-state index in [0.29, 0.717) is 6.04 Å². The Morgan fingerprint density at radius 3 is 2.08 bits per heavy atom. The lowest BCUT2D eigenvalue weighted by Crippen LogP contribution is -2.41. The molecule has 0 aromatic carbocycles. The normalized spacial score (nSPS) is 52.8. The molecule has 0 radical (unpaired) electrons. The molecule has 0 heterocycles. The van der Waals surface area contributed by atoms with E-state index < -0.39 is 0 Å². The monoisotopic (exact) mass is 165 g/mol. The third kappa shape index (κ3) is 0.834. The molecule has 68 valence electrons. The van der Waals surface area contributed by atoms with Crippen LogP contribution in [0.25, 0.3) is 0 Å². The highest BCUT2D eigenvalue weighted by molar-refractivity contribution is 5.02. The molecule has 0 aromatic heterocycles. The van der Waals surface area contributed by atoms with Gasteiger partial charge in [0.1, 0.15) is 0 Å². The lowest BCUT2D eigenvalue weighted by atomic mass is 9.68. The fraction of sp³-hybridized carbons (Fsp3) is 1.00. The topological polar surface area (TPSA) is 26.0 Å². The maximum absolute atomic E-state index is 6.27. The second kappa shape index (κ2) is 2.47. The molecule has 0 saturated heterocycles. The van der Waals surface area contributed by atoms with Crippen LogP contribution < -0.4 is 5.73 Å². The lowest BCUT2D eigenvalue weighted by molar-refractivity contribution is 0.128. The minimum absolute atomic E-state index is 0.592. The average molecular weight is 165 g/mol. The minimum Gasteiger partial charge on any atom is -0.327 e. The predicted molar refractivity (Wildman–Crippen MR) is 49.6 cm³/mol. The van der Waals surface area contributed by atoms with Gasteiger partial charge in [0.2, 0.25) is 0 Å². The highest BCUT2D eigenvalue weighted by atomic mass is 14.7. The zero-order chi connectivity index (χ0) is 8.13. The first-order chi connectivity index (χ1) is 5.86. The molecular weight excluding hydrogens is 146 g/mol. The summed E-state index contributed by atoms with van der Waals surface area (Å²) in [6.45, 7) is 0. The molecule has 4 atom stereocenters. The lowest BCUT2D eigenvalue weighted by Gasteiger charge is -2.39. The molecule has 3 aliphatic rings. The van der Waals surface area contributed by atoms with Gasteiger partial charge in [0, 0.05) is 6.04 Å². The fourth-order valence-corrected chi connectivity index (χ4v) is 3.90. The van der Waals surface area contributed by atoms with Crippen molar-refractivity contribution in [2.45, 2.75) is 44.6 Å². The van der Waals surface area contributed by atoms with E-state index in [2.05, 4.69) is 0 Å². The number of hydrogen-bond donors (Lipinski definition) is 1. The van der Waals surface area contributed by atoms with Crippen molar-refractivity contribution in [2.75, 3.05) is 0 Å². The SMILES string of the molecule is N[C@H]1[C@H]2CC[C@H](C2)[C@@H]1C1CCC1. The summed E-state index contributed by atoms with van der Waals surface area (Å²) in [5.41, 5.74) is 6.27. The van der Waals surface area contributed by atoms with Gasteiger partial charge in [0.05, 0.1) is 0 Å². The van der Waals surface area contributed by atoms with Crippen LogP contribution in [0.2, 0.25) is 0 Å². The van der Waals surface area contributed by atoms with E-state index >= 15 is 0 Å². The van der Waals surface area contributed by atoms with Gasteiger partial charge >= 0.3 is 0 Å². The summed E-state index contributed by atoms with van der Waals surface area (Å²) >= 11 is 0. The molecule has 3 saturated carbocycles. The first kappa shape index (κ1) is 7.37. The number of rotatable bonds is 1. The summed E-state index contributed by atoms with van der Waals surface area (Å²) in [6.07, 6.45) is 8.87. The fourth-order valence-electron chi connectivity index (χ4n) is 3.90. The molecule has 2 bridgehead atoms. The van der Waals surface area contributed by atoms with E-state index in [0.717, 1.165) is 23.7 Å². The van der Waals surface area contributed by atoms with E-state index in [1.54, 1.807) is 0 Å². The zero-order valence-electron chi connectivity index (χ0n) is 7.71. The van der Waals surface area contributed by atoms with Crippen molar-refractivity contribution in [2.24, 2.45) is 29.4 Å². The van der Waals surface area contributed by atoms with Gasteiger partial charge < -0.3 is 5.73 Å². The van der Waals surface area contributed by atoms with Crippen LogP contribution in [-0.4, -0.2) is 6.04 Å². The molecule has 3 fully saturated rings. The van der Waals surface area contributed by atoms with Crippen LogP contribution in [0.15, 0.2) is 0 Å². The van der Waals surface area contributed by atoms with Crippen molar-refractivity contribution in [1.82, 2.24) is 0 Å². The Morgan fingerprint density at radius 1 is 0.833 bits per heavy atom. The van der Waals surface area contributed by atoms with Crippen LogP contribution in [0, 0.1) is 23.7 Å². The Labute approximate surface area is 74.7 Å². The molecule has 3 rings (SSSR count). The number of fused-ring (bicyclic) bond motifs is 2. The molecule has 1 heteroatoms. The van der Waals surface area contributed by atoms with Gasteiger partial charge in [-0.1, -0.05) is 19.3 Å². The maximum Gasteiger partial charge on any atom is 0.0101 e. The molecular formula is C11H19N. The average Bonchev–Trinajstić information content (AvgIpc) is 2.50. The summed E-state index contributed by atoms with van der Waals surface area (Å²) in [6, 6.07) is 0.592. The van der Waals surface area contributed by atoms with Gasteiger partial charge in [-0.05, 0) is 42.9 Å². The molecule has 3 aliphatic carbocycles. The van der Waals surface area contributed by atoms with Crippen LogP contribution in [0.3, 0.4) is 0 Å². The van der Waals surface area contributed by atoms with Gasteiger partial charge in [0.25, 0.3) is 0 Å². The van der Waals surface area contributed by atoms with Crippen LogP contribution in [0.1, 0.15) is 38.5 Å². The summed E-state index contributed by atoms with van der Waals surface area (Å²) in [4.78, 5) is 0. The summed E-state index contributed by atoms with van der Waals surface area (Å²) in [5, 5.41) is 0.